The average molecular weight is 302 g/mol. The van der Waals surface area contributed by atoms with E-state index in [4.69, 9.17) is 4.74 Å². The third-order valence-corrected chi connectivity index (χ3v) is 2.61. The summed E-state index contributed by atoms with van der Waals surface area (Å²) in [4.78, 5) is 21.6. The summed E-state index contributed by atoms with van der Waals surface area (Å²) in [7, 11) is 1.76. The minimum absolute atomic E-state index is 0.121. The van der Waals surface area contributed by atoms with Crippen molar-refractivity contribution in [3.05, 3.63) is 16.9 Å². The van der Waals surface area contributed by atoms with E-state index in [1.165, 1.54) is 0 Å². The molecule has 5 nitrogen and oxygen atoms in total. The van der Waals surface area contributed by atoms with Gasteiger partial charge < -0.3 is 9.64 Å². The highest BCUT2D eigenvalue weighted by atomic mass is 79.9. The van der Waals surface area contributed by atoms with Gasteiger partial charge in [-0.25, -0.2) is 14.8 Å². The molecule has 0 N–H and O–H groups in total. The number of ether oxygens (including phenoxy) is 1. The number of esters is 1. The lowest BCUT2D eigenvalue weighted by Crippen LogP contribution is -2.39. The Morgan fingerprint density at radius 1 is 1.35 bits per heavy atom. The fourth-order valence-electron chi connectivity index (χ4n) is 1.15. The first-order valence-electron chi connectivity index (χ1n) is 5.32. The standard InChI is InChI=1S/C11H16BrN3O2/c1-7(2)17-10(16)8(3)15(4)11-13-5-9(12)6-14-11/h5-8H,1-4H3. The molecule has 0 aliphatic rings. The lowest BCUT2D eigenvalue weighted by molar-refractivity contribution is -0.148. The van der Waals surface area contributed by atoms with E-state index in [-0.39, 0.29) is 12.1 Å². The maximum Gasteiger partial charge on any atom is 0.328 e. The summed E-state index contributed by atoms with van der Waals surface area (Å²) >= 11 is 3.26. The summed E-state index contributed by atoms with van der Waals surface area (Å²) in [6, 6.07) is -0.418. The summed E-state index contributed by atoms with van der Waals surface area (Å²) in [5, 5.41) is 0. The summed E-state index contributed by atoms with van der Waals surface area (Å²) in [6.07, 6.45) is 3.16. The molecule has 1 aromatic rings. The van der Waals surface area contributed by atoms with E-state index in [0.717, 1.165) is 4.47 Å². The molecule has 94 valence electrons. The van der Waals surface area contributed by atoms with Gasteiger partial charge in [0, 0.05) is 19.4 Å². The number of carbonyl (C=O) groups excluding carboxylic acids is 1. The number of carbonyl (C=O) groups is 1. The molecule has 0 amide bonds. The molecule has 0 aromatic carbocycles. The van der Waals surface area contributed by atoms with Crippen LogP contribution in [-0.4, -0.2) is 35.1 Å². The van der Waals surface area contributed by atoms with Gasteiger partial charge in [-0.2, -0.15) is 0 Å². The Kier molecular flexibility index (Phi) is 4.86. The van der Waals surface area contributed by atoms with Crippen molar-refractivity contribution in [2.75, 3.05) is 11.9 Å². The highest BCUT2D eigenvalue weighted by molar-refractivity contribution is 9.10. The number of rotatable bonds is 4. The largest absolute Gasteiger partial charge is 0.461 e. The molecular weight excluding hydrogens is 286 g/mol. The topological polar surface area (TPSA) is 55.3 Å². The van der Waals surface area contributed by atoms with Gasteiger partial charge in [0.1, 0.15) is 6.04 Å². The lowest BCUT2D eigenvalue weighted by Gasteiger charge is -2.23. The Morgan fingerprint density at radius 3 is 2.35 bits per heavy atom. The molecule has 0 radical (unpaired) electrons. The first kappa shape index (κ1) is 13.9. The van der Waals surface area contributed by atoms with E-state index in [9.17, 15) is 4.79 Å². The van der Waals surface area contributed by atoms with E-state index in [1.807, 2.05) is 13.8 Å². The number of likely N-dealkylation sites (N-methyl/N-ethyl adjacent to an activating group) is 1. The Labute approximate surface area is 109 Å². The van der Waals surface area contributed by atoms with Crippen LogP contribution in [0.2, 0.25) is 0 Å². The molecule has 0 aliphatic carbocycles. The normalized spacial score (nSPS) is 12.4. The minimum Gasteiger partial charge on any atom is -0.461 e. The summed E-state index contributed by atoms with van der Waals surface area (Å²) in [6.45, 7) is 5.40. The fourth-order valence-corrected chi connectivity index (χ4v) is 1.35. The van der Waals surface area contributed by atoms with Crippen molar-refractivity contribution in [3.63, 3.8) is 0 Å². The van der Waals surface area contributed by atoms with Crippen LogP contribution >= 0.6 is 15.9 Å². The van der Waals surface area contributed by atoms with Crippen molar-refractivity contribution >= 4 is 27.8 Å². The Morgan fingerprint density at radius 2 is 1.88 bits per heavy atom. The fraction of sp³-hybridized carbons (Fsp3) is 0.545. The van der Waals surface area contributed by atoms with Crippen LogP contribution < -0.4 is 4.90 Å². The van der Waals surface area contributed by atoms with Gasteiger partial charge in [-0.1, -0.05) is 0 Å². The van der Waals surface area contributed by atoms with E-state index in [2.05, 4.69) is 25.9 Å². The molecule has 0 aliphatic heterocycles. The molecule has 1 rings (SSSR count). The second kappa shape index (κ2) is 5.95. The maximum atomic E-state index is 11.7. The zero-order valence-corrected chi connectivity index (χ0v) is 11.9. The van der Waals surface area contributed by atoms with Gasteiger partial charge in [0.25, 0.3) is 0 Å². The molecule has 0 bridgehead atoms. The zero-order chi connectivity index (χ0) is 13.0. The van der Waals surface area contributed by atoms with Gasteiger partial charge in [0.15, 0.2) is 0 Å². The molecule has 1 atom stereocenters. The molecule has 0 fully saturated rings. The predicted octanol–water partition coefficient (Wildman–Crippen LogP) is 2.02. The smallest absolute Gasteiger partial charge is 0.328 e. The predicted molar refractivity (Wildman–Crippen MR) is 68.8 cm³/mol. The van der Waals surface area contributed by atoms with Crippen LogP contribution in [0, 0.1) is 0 Å². The molecular formula is C11H16BrN3O2. The monoisotopic (exact) mass is 301 g/mol. The van der Waals surface area contributed by atoms with Crippen LogP contribution in [-0.2, 0) is 9.53 Å². The Hall–Kier alpha value is -1.17. The SMILES string of the molecule is CC(C)OC(=O)C(C)N(C)c1ncc(Br)cn1. The molecule has 6 heteroatoms. The van der Waals surface area contributed by atoms with Crippen molar-refractivity contribution < 1.29 is 9.53 Å². The molecule has 0 saturated carbocycles. The second-order valence-corrected chi connectivity index (χ2v) is 4.89. The van der Waals surface area contributed by atoms with Crippen LogP contribution in [0.15, 0.2) is 16.9 Å². The minimum atomic E-state index is -0.418. The third kappa shape index (κ3) is 3.96. The zero-order valence-electron chi connectivity index (χ0n) is 10.3. The van der Waals surface area contributed by atoms with Gasteiger partial charge in [-0.15, -0.1) is 0 Å². The Balaban J connectivity index is 2.72. The van der Waals surface area contributed by atoms with Gasteiger partial charge >= 0.3 is 5.97 Å². The maximum absolute atomic E-state index is 11.7. The van der Waals surface area contributed by atoms with Crippen molar-refractivity contribution in [2.24, 2.45) is 0 Å². The van der Waals surface area contributed by atoms with E-state index in [0.29, 0.717) is 5.95 Å². The number of halogens is 1. The highest BCUT2D eigenvalue weighted by Crippen LogP contribution is 2.12. The highest BCUT2D eigenvalue weighted by Gasteiger charge is 2.22. The first-order valence-corrected chi connectivity index (χ1v) is 6.12. The van der Waals surface area contributed by atoms with Crippen LogP contribution in [0.4, 0.5) is 5.95 Å². The summed E-state index contributed by atoms with van der Waals surface area (Å²) in [5.41, 5.74) is 0. The van der Waals surface area contributed by atoms with Crippen LogP contribution in [0.1, 0.15) is 20.8 Å². The van der Waals surface area contributed by atoms with Gasteiger partial charge in [0.05, 0.1) is 10.6 Å². The molecule has 0 saturated heterocycles. The Bertz CT molecular complexity index is 381. The average Bonchev–Trinajstić information content (AvgIpc) is 2.27. The van der Waals surface area contributed by atoms with Gasteiger partial charge in [-0.05, 0) is 36.7 Å². The lowest BCUT2D eigenvalue weighted by atomic mass is 10.3. The second-order valence-electron chi connectivity index (χ2n) is 3.97. The molecule has 1 aromatic heterocycles. The van der Waals surface area contributed by atoms with Crippen molar-refractivity contribution in [3.8, 4) is 0 Å². The number of nitrogens with zero attached hydrogens (tertiary/aromatic N) is 3. The number of hydrogen-bond donors (Lipinski definition) is 0. The molecule has 0 spiro atoms. The third-order valence-electron chi connectivity index (χ3n) is 2.20. The first-order chi connectivity index (χ1) is 7.91. The van der Waals surface area contributed by atoms with Gasteiger partial charge in [-0.3, -0.25) is 0 Å². The van der Waals surface area contributed by atoms with E-state index in [1.54, 1.807) is 31.3 Å². The molecule has 1 unspecified atom stereocenters. The number of aromatic nitrogens is 2. The van der Waals surface area contributed by atoms with Crippen molar-refractivity contribution in [1.82, 2.24) is 9.97 Å². The van der Waals surface area contributed by atoms with Crippen LogP contribution in [0.25, 0.3) is 0 Å². The molecule has 1 heterocycles. The quantitative estimate of drug-likeness (QED) is 0.796. The number of hydrogen-bond acceptors (Lipinski definition) is 5. The van der Waals surface area contributed by atoms with Crippen LogP contribution in [0.5, 0.6) is 0 Å². The van der Waals surface area contributed by atoms with Crippen molar-refractivity contribution in [1.29, 1.82) is 0 Å². The summed E-state index contributed by atoms with van der Waals surface area (Å²) in [5.74, 6) is 0.204. The summed E-state index contributed by atoms with van der Waals surface area (Å²) < 4.78 is 5.93. The number of anilines is 1. The van der Waals surface area contributed by atoms with Crippen LogP contribution in [0.3, 0.4) is 0 Å². The van der Waals surface area contributed by atoms with Crippen molar-refractivity contribution in [2.45, 2.75) is 32.9 Å². The van der Waals surface area contributed by atoms with E-state index < -0.39 is 6.04 Å². The van der Waals surface area contributed by atoms with E-state index >= 15 is 0 Å². The molecule has 17 heavy (non-hydrogen) atoms. The van der Waals surface area contributed by atoms with Gasteiger partial charge in [0.2, 0.25) is 5.95 Å².